The SMILES string of the molecule is CC[C@H](C)[C@H](N)C(=O)N1CCC[C@H]1C(=O)N[C@@H](CO)C(=O)NCC(=O)N[C@@H](Cc1cnc[nH]1)C(=O)N[C@H](C(=O)N[C@@H](Cc1ccc(O)cc1)C(=O)N[C@@H](CO)C(=O)N[C@@H](CC(C)C)C(=O)O)C(C)C. The number of H-pyrrole nitrogens is 1. The molecule has 24 heteroatoms. The summed E-state index contributed by atoms with van der Waals surface area (Å²) in [6, 6.07) is -4.78. The van der Waals surface area contributed by atoms with Gasteiger partial charge in [0.15, 0.2) is 0 Å². The number of carbonyl (C=O) groups excluding carboxylic acids is 8. The van der Waals surface area contributed by atoms with Gasteiger partial charge >= 0.3 is 5.97 Å². The van der Waals surface area contributed by atoms with E-state index in [4.69, 9.17) is 5.73 Å². The molecular weight excluding hydrogens is 903 g/mol. The molecule has 0 unspecified atom stereocenters. The molecule has 1 aromatic heterocycles. The fourth-order valence-electron chi connectivity index (χ4n) is 7.37. The maximum Gasteiger partial charge on any atom is 0.326 e. The van der Waals surface area contributed by atoms with Crippen molar-refractivity contribution in [3.63, 3.8) is 0 Å². The van der Waals surface area contributed by atoms with Crippen LogP contribution in [0.5, 0.6) is 5.75 Å². The van der Waals surface area contributed by atoms with E-state index >= 15 is 0 Å². The first-order valence-electron chi connectivity index (χ1n) is 22.9. The van der Waals surface area contributed by atoms with Gasteiger partial charge in [0.05, 0.1) is 32.1 Å². The second-order valence-corrected chi connectivity index (χ2v) is 17.9. The van der Waals surface area contributed by atoms with E-state index in [1.165, 1.54) is 41.7 Å². The van der Waals surface area contributed by atoms with Crippen LogP contribution in [-0.2, 0) is 56.0 Å². The lowest BCUT2D eigenvalue weighted by Gasteiger charge is -2.29. The molecule has 1 fully saturated rings. The molecule has 69 heavy (non-hydrogen) atoms. The molecule has 1 aromatic carbocycles. The number of nitrogens with zero attached hydrogens (tertiary/aromatic N) is 2. The van der Waals surface area contributed by atoms with Gasteiger partial charge in [-0.25, -0.2) is 9.78 Å². The van der Waals surface area contributed by atoms with E-state index in [9.17, 15) is 63.6 Å². The third kappa shape index (κ3) is 17.4. The number of carbonyl (C=O) groups is 9. The number of carboxylic acids is 1. The standard InChI is InChI=1S/C45H69N11O13/c1-7-25(6)36(46)44(67)56-14-8-9-34(56)42(65)54-32(20-57)38(61)48-19-35(60)50-30(17-27-18-47-22-49-27)40(63)55-37(24(4)5)43(66)51-29(16-26-10-12-28(59)13-11-26)39(62)53-33(21-58)41(64)52-31(45(68)69)15-23(2)3/h10-13,18,22-25,29-34,36-37,57-59H,7-9,14-17,19-21,46H2,1-6H3,(H,47,49)(H,48,61)(H,50,60)(H,51,66)(H,52,64)(H,53,62)(H,54,65)(H,55,63)(H,68,69)/t25-,29-,30-,31-,32-,33-,34-,36-,37-/m0/s1. The Morgan fingerprint density at radius 1 is 0.768 bits per heavy atom. The molecule has 9 atom stereocenters. The van der Waals surface area contributed by atoms with Gasteiger partial charge in [0.25, 0.3) is 0 Å². The molecule has 8 amide bonds. The average Bonchev–Trinajstić information content (AvgIpc) is 4.03. The van der Waals surface area contributed by atoms with Crippen molar-refractivity contribution in [3.05, 3.63) is 48.0 Å². The summed E-state index contributed by atoms with van der Waals surface area (Å²) in [6.45, 7) is 8.19. The molecule has 0 bridgehead atoms. The summed E-state index contributed by atoms with van der Waals surface area (Å²) in [5.74, 6) is -8.90. The number of aromatic amines is 1. The number of rotatable bonds is 27. The maximum atomic E-state index is 14.0. The summed E-state index contributed by atoms with van der Waals surface area (Å²) in [5.41, 5.74) is 6.98. The number of nitrogens with two attached hydrogens (primary N) is 1. The van der Waals surface area contributed by atoms with E-state index < -0.39 is 127 Å². The number of carboxylic acid groups (broad SMARTS) is 1. The second kappa shape index (κ2) is 27.4. The largest absolute Gasteiger partial charge is 0.508 e. The smallest absolute Gasteiger partial charge is 0.326 e. The molecule has 0 aliphatic carbocycles. The molecule has 1 aliphatic heterocycles. The molecule has 3 rings (SSSR count). The van der Waals surface area contributed by atoms with Gasteiger partial charge in [0.2, 0.25) is 47.3 Å². The summed E-state index contributed by atoms with van der Waals surface area (Å²) in [7, 11) is 0. The van der Waals surface area contributed by atoms with Crippen LogP contribution >= 0.6 is 0 Å². The predicted octanol–water partition coefficient (Wildman–Crippen LogP) is -2.94. The molecule has 2 heterocycles. The van der Waals surface area contributed by atoms with E-state index in [2.05, 4.69) is 47.2 Å². The molecule has 1 aliphatic rings. The predicted molar refractivity (Wildman–Crippen MR) is 247 cm³/mol. The summed E-state index contributed by atoms with van der Waals surface area (Å²) in [5, 5.41) is 56.7. The van der Waals surface area contributed by atoms with Crippen molar-refractivity contribution >= 4 is 53.2 Å². The molecule has 0 spiro atoms. The van der Waals surface area contributed by atoms with Crippen LogP contribution in [0, 0.1) is 17.8 Å². The first-order chi connectivity index (χ1) is 32.6. The van der Waals surface area contributed by atoms with Crippen LogP contribution in [0.1, 0.15) is 78.5 Å². The number of amides is 8. The fourth-order valence-corrected chi connectivity index (χ4v) is 7.37. The van der Waals surface area contributed by atoms with Gasteiger partial charge in [-0.15, -0.1) is 0 Å². The molecule has 382 valence electrons. The number of imidazole rings is 1. The number of phenolic OH excluding ortho intramolecular Hbond substituents is 1. The average molecular weight is 972 g/mol. The number of aliphatic hydroxyl groups is 2. The number of benzene rings is 1. The molecule has 0 saturated carbocycles. The maximum absolute atomic E-state index is 14.0. The third-order valence-electron chi connectivity index (χ3n) is 11.6. The third-order valence-corrected chi connectivity index (χ3v) is 11.6. The number of nitrogens with one attached hydrogen (secondary N) is 8. The zero-order valence-electron chi connectivity index (χ0n) is 39.8. The van der Waals surface area contributed by atoms with Crippen LogP contribution in [0.15, 0.2) is 36.8 Å². The van der Waals surface area contributed by atoms with Gasteiger partial charge in [-0.3, -0.25) is 38.4 Å². The van der Waals surface area contributed by atoms with Gasteiger partial charge < -0.3 is 73.3 Å². The number of likely N-dealkylation sites (tertiary alicyclic amines) is 1. The summed E-state index contributed by atoms with van der Waals surface area (Å²) >= 11 is 0. The van der Waals surface area contributed by atoms with Crippen molar-refractivity contribution in [2.24, 2.45) is 23.5 Å². The Labute approximate surface area is 400 Å². The minimum atomic E-state index is -1.63. The number of aromatic nitrogens is 2. The van der Waals surface area contributed by atoms with Crippen molar-refractivity contribution in [2.45, 2.75) is 128 Å². The Morgan fingerprint density at radius 3 is 1.91 bits per heavy atom. The van der Waals surface area contributed by atoms with Crippen molar-refractivity contribution in [2.75, 3.05) is 26.3 Å². The summed E-state index contributed by atoms with van der Waals surface area (Å²) < 4.78 is 0. The van der Waals surface area contributed by atoms with Crippen molar-refractivity contribution in [1.82, 2.24) is 52.1 Å². The highest BCUT2D eigenvalue weighted by molar-refractivity contribution is 5.97. The first kappa shape index (κ1) is 56.7. The quantitative estimate of drug-likeness (QED) is 0.0426. The number of aromatic hydroxyl groups is 1. The van der Waals surface area contributed by atoms with Crippen LogP contribution in [0.4, 0.5) is 0 Å². The Kier molecular flexibility index (Phi) is 22.5. The molecule has 24 nitrogen and oxygen atoms in total. The number of hydrogen-bond donors (Lipinski definition) is 13. The van der Waals surface area contributed by atoms with Crippen molar-refractivity contribution in [3.8, 4) is 5.75 Å². The van der Waals surface area contributed by atoms with Crippen LogP contribution in [0.25, 0.3) is 0 Å². The van der Waals surface area contributed by atoms with E-state index in [0.717, 1.165) is 0 Å². The zero-order valence-corrected chi connectivity index (χ0v) is 39.8. The topological polar surface area (TPSA) is 377 Å². The zero-order chi connectivity index (χ0) is 51.5. The lowest BCUT2D eigenvalue weighted by Crippen LogP contribution is -2.61. The summed E-state index contributed by atoms with van der Waals surface area (Å²) in [4.78, 5) is 128. The highest BCUT2D eigenvalue weighted by atomic mass is 16.4. The molecule has 2 aromatic rings. The van der Waals surface area contributed by atoms with Gasteiger partial charge in [-0.1, -0.05) is 60.1 Å². The first-order valence-corrected chi connectivity index (χ1v) is 22.9. The molecule has 14 N–H and O–H groups in total. The van der Waals surface area contributed by atoms with Gasteiger partial charge in [-0.05, 0) is 54.7 Å². The minimum Gasteiger partial charge on any atom is -0.508 e. The Hall–Kier alpha value is -6.66. The monoisotopic (exact) mass is 972 g/mol. The van der Waals surface area contributed by atoms with Crippen LogP contribution in [0.2, 0.25) is 0 Å². The number of phenols is 1. The van der Waals surface area contributed by atoms with Crippen molar-refractivity contribution in [1.29, 1.82) is 0 Å². The Bertz CT molecular complexity index is 2070. The highest BCUT2D eigenvalue weighted by Gasteiger charge is 2.39. The molecular formula is C45H69N11O13. The van der Waals surface area contributed by atoms with E-state index in [-0.39, 0.29) is 43.4 Å². The van der Waals surface area contributed by atoms with E-state index in [0.29, 0.717) is 30.5 Å². The van der Waals surface area contributed by atoms with Crippen LogP contribution in [0.3, 0.4) is 0 Å². The normalized spacial score (nSPS) is 17.0. The van der Waals surface area contributed by atoms with E-state index in [1.54, 1.807) is 27.7 Å². The van der Waals surface area contributed by atoms with Gasteiger partial charge in [0, 0.05) is 31.3 Å². The van der Waals surface area contributed by atoms with Crippen LogP contribution in [-0.4, -0.2) is 163 Å². The molecule has 0 radical (unpaired) electrons. The number of aliphatic hydroxyl groups excluding tert-OH is 2. The Balaban J connectivity index is 1.74. The van der Waals surface area contributed by atoms with Gasteiger partial charge in [0.1, 0.15) is 48.0 Å². The summed E-state index contributed by atoms with van der Waals surface area (Å²) in [6.07, 6.45) is 3.87. The second-order valence-electron chi connectivity index (χ2n) is 17.9. The van der Waals surface area contributed by atoms with E-state index in [1.807, 2.05) is 13.8 Å². The minimum absolute atomic E-state index is 0.0602. The Morgan fingerprint density at radius 2 is 1.35 bits per heavy atom. The lowest BCUT2D eigenvalue weighted by atomic mass is 9.98. The number of aliphatic carboxylic acids is 1. The van der Waals surface area contributed by atoms with Crippen molar-refractivity contribution < 1.29 is 63.6 Å². The number of hydrogen-bond acceptors (Lipinski definition) is 14. The van der Waals surface area contributed by atoms with Gasteiger partial charge in [-0.2, -0.15) is 0 Å². The molecule has 1 saturated heterocycles. The van der Waals surface area contributed by atoms with Crippen LogP contribution < -0.4 is 43.0 Å². The highest BCUT2D eigenvalue weighted by Crippen LogP contribution is 2.21. The fraction of sp³-hybridized carbons (Fsp3) is 0.600. The lowest BCUT2D eigenvalue weighted by molar-refractivity contribution is -0.143.